The molecule has 1 atom stereocenters. The molecule has 0 aliphatic heterocycles. The minimum Gasteiger partial charge on any atom is -0.374 e. The van der Waals surface area contributed by atoms with Crippen molar-refractivity contribution in [3.63, 3.8) is 0 Å². The molecule has 1 unspecified atom stereocenters. The zero-order valence-corrected chi connectivity index (χ0v) is 13.4. The van der Waals surface area contributed by atoms with E-state index in [1.165, 1.54) is 6.07 Å². The fraction of sp³-hybridized carbons (Fsp3) is 0.647. The van der Waals surface area contributed by atoms with Crippen molar-refractivity contribution in [2.45, 2.75) is 66.3 Å². The van der Waals surface area contributed by atoms with Crippen LogP contribution in [0, 0.1) is 11.7 Å². The summed E-state index contributed by atoms with van der Waals surface area (Å²) in [5.74, 6) is 0.409. The molecular formula is C17H28FNO. The Hall–Kier alpha value is -0.930. The van der Waals surface area contributed by atoms with Gasteiger partial charge in [0.1, 0.15) is 5.82 Å². The van der Waals surface area contributed by atoms with Gasteiger partial charge in [0.25, 0.3) is 0 Å². The Kier molecular flexibility index (Phi) is 7.17. The highest BCUT2D eigenvalue weighted by Crippen LogP contribution is 2.15. The van der Waals surface area contributed by atoms with E-state index >= 15 is 0 Å². The molecule has 3 heteroatoms. The molecule has 0 spiro atoms. The first-order chi connectivity index (χ1) is 9.38. The molecule has 1 aromatic carbocycles. The van der Waals surface area contributed by atoms with Crippen LogP contribution in [0.3, 0.4) is 0 Å². The van der Waals surface area contributed by atoms with Gasteiger partial charge in [-0.15, -0.1) is 0 Å². The molecule has 0 saturated heterocycles. The van der Waals surface area contributed by atoms with Gasteiger partial charge in [-0.1, -0.05) is 33.8 Å². The number of hydrogen-bond donors (Lipinski definition) is 1. The van der Waals surface area contributed by atoms with Crippen molar-refractivity contribution in [1.82, 2.24) is 5.32 Å². The average molecular weight is 281 g/mol. The smallest absolute Gasteiger partial charge is 0.128 e. The van der Waals surface area contributed by atoms with Gasteiger partial charge in [0.15, 0.2) is 0 Å². The molecule has 0 heterocycles. The van der Waals surface area contributed by atoms with Gasteiger partial charge in [0.2, 0.25) is 0 Å². The van der Waals surface area contributed by atoms with Crippen molar-refractivity contribution in [3.8, 4) is 0 Å². The fourth-order valence-corrected chi connectivity index (χ4v) is 2.13. The Morgan fingerprint density at radius 1 is 1.15 bits per heavy atom. The third-order valence-corrected chi connectivity index (χ3v) is 3.15. The lowest BCUT2D eigenvalue weighted by Gasteiger charge is -2.16. The SMILES string of the molecule is CC(C)CC(C)OCc1cc(CNC(C)C)ccc1F. The Morgan fingerprint density at radius 3 is 2.45 bits per heavy atom. The van der Waals surface area contributed by atoms with E-state index in [1.54, 1.807) is 0 Å². The van der Waals surface area contributed by atoms with Crippen LogP contribution in [-0.4, -0.2) is 12.1 Å². The van der Waals surface area contributed by atoms with E-state index in [0.717, 1.165) is 18.5 Å². The Labute approximate surface area is 122 Å². The topological polar surface area (TPSA) is 21.3 Å². The summed E-state index contributed by atoms with van der Waals surface area (Å²) in [5, 5.41) is 3.34. The van der Waals surface area contributed by atoms with Crippen LogP contribution < -0.4 is 5.32 Å². The second kappa shape index (κ2) is 8.38. The van der Waals surface area contributed by atoms with Gasteiger partial charge in [-0.3, -0.25) is 0 Å². The highest BCUT2D eigenvalue weighted by molar-refractivity contribution is 5.24. The third-order valence-electron chi connectivity index (χ3n) is 3.15. The summed E-state index contributed by atoms with van der Waals surface area (Å²) >= 11 is 0. The monoisotopic (exact) mass is 281 g/mol. The number of halogens is 1. The Bertz CT molecular complexity index is 404. The second-order valence-corrected chi connectivity index (χ2v) is 6.21. The minimum absolute atomic E-state index is 0.159. The summed E-state index contributed by atoms with van der Waals surface area (Å²) < 4.78 is 19.5. The van der Waals surface area contributed by atoms with E-state index in [1.807, 2.05) is 19.1 Å². The lowest BCUT2D eigenvalue weighted by molar-refractivity contribution is 0.0382. The standard InChI is InChI=1S/C17H28FNO/c1-12(2)8-14(5)20-11-16-9-15(6-7-17(16)18)10-19-13(3)4/h6-7,9,12-14,19H,8,10-11H2,1-5H3. The number of rotatable bonds is 8. The minimum atomic E-state index is -0.185. The van der Waals surface area contributed by atoms with Crippen LogP contribution in [0.5, 0.6) is 0 Å². The summed E-state index contributed by atoms with van der Waals surface area (Å²) in [4.78, 5) is 0. The molecule has 0 aromatic heterocycles. The van der Waals surface area contributed by atoms with Gasteiger partial charge < -0.3 is 10.1 Å². The highest BCUT2D eigenvalue weighted by atomic mass is 19.1. The van der Waals surface area contributed by atoms with Crippen molar-refractivity contribution in [3.05, 3.63) is 35.1 Å². The second-order valence-electron chi connectivity index (χ2n) is 6.21. The Balaban J connectivity index is 2.57. The van der Waals surface area contributed by atoms with Crippen molar-refractivity contribution < 1.29 is 9.13 Å². The maximum atomic E-state index is 13.8. The van der Waals surface area contributed by atoms with Crippen molar-refractivity contribution in [2.24, 2.45) is 5.92 Å². The number of hydrogen-bond acceptors (Lipinski definition) is 2. The first-order valence-electron chi connectivity index (χ1n) is 7.50. The summed E-state index contributed by atoms with van der Waals surface area (Å²) in [6.45, 7) is 11.7. The van der Waals surface area contributed by atoms with Crippen LogP contribution in [0.25, 0.3) is 0 Å². The molecule has 1 aromatic rings. The number of ether oxygens (including phenoxy) is 1. The van der Waals surface area contributed by atoms with E-state index in [0.29, 0.717) is 24.1 Å². The van der Waals surface area contributed by atoms with Gasteiger partial charge in [-0.25, -0.2) is 4.39 Å². The molecule has 0 aliphatic rings. The number of nitrogens with one attached hydrogen (secondary N) is 1. The fourth-order valence-electron chi connectivity index (χ4n) is 2.13. The molecule has 0 fully saturated rings. The summed E-state index contributed by atoms with van der Waals surface area (Å²) in [6.07, 6.45) is 1.16. The maximum absolute atomic E-state index is 13.8. The first-order valence-corrected chi connectivity index (χ1v) is 7.50. The summed E-state index contributed by atoms with van der Waals surface area (Å²) in [5.41, 5.74) is 1.74. The third kappa shape index (κ3) is 6.49. The zero-order valence-electron chi connectivity index (χ0n) is 13.4. The average Bonchev–Trinajstić information content (AvgIpc) is 2.35. The normalized spacial score (nSPS) is 13.2. The molecular weight excluding hydrogens is 253 g/mol. The van der Waals surface area contributed by atoms with Crippen LogP contribution in [0.2, 0.25) is 0 Å². The lowest BCUT2D eigenvalue weighted by atomic mass is 10.1. The van der Waals surface area contributed by atoms with E-state index in [-0.39, 0.29) is 11.9 Å². The van der Waals surface area contributed by atoms with Gasteiger partial charge in [-0.2, -0.15) is 0 Å². The highest BCUT2D eigenvalue weighted by Gasteiger charge is 2.09. The predicted octanol–water partition coefficient (Wildman–Crippen LogP) is 4.27. The van der Waals surface area contributed by atoms with Crippen molar-refractivity contribution in [2.75, 3.05) is 0 Å². The zero-order chi connectivity index (χ0) is 15.1. The van der Waals surface area contributed by atoms with Gasteiger partial charge in [0.05, 0.1) is 12.7 Å². The van der Waals surface area contributed by atoms with Crippen LogP contribution in [0.15, 0.2) is 18.2 Å². The van der Waals surface area contributed by atoms with Gasteiger partial charge >= 0.3 is 0 Å². The number of benzene rings is 1. The molecule has 0 saturated carbocycles. The molecule has 1 rings (SSSR count). The molecule has 0 bridgehead atoms. The van der Waals surface area contributed by atoms with Crippen LogP contribution in [0.1, 0.15) is 52.2 Å². The molecule has 1 N–H and O–H groups in total. The van der Waals surface area contributed by atoms with Crippen LogP contribution in [-0.2, 0) is 17.9 Å². The largest absolute Gasteiger partial charge is 0.374 e. The predicted molar refractivity (Wildman–Crippen MR) is 82.1 cm³/mol. The van der Waals surface area contributed by atoms with Gasteiger partial charge in [0, 0.05) is 18.2 Å². The molecule has 0 amide bonds. The van der Waals surface area contributed by atoms with Crippen molar-refractivity contribution >= 4 is 0 Å². The lowest BCUT2D eigenvalue weighted by Crippen LogP contribution is -2.22. The van der Waals surface area contributed by atoms with E-state index in [9.17, 15) is 4.39 Å². The van der Waals surface area contributed by atoms with E-state index in [2.05, 4.69) is 33.0 Å². The molecule has 0 aliphatic carbocycles. The van der Waals surface area contributed by atoms with E-state index < -0.39 is 0 Å². The molecule has 114 valence electrons. The molecule has 20 heavy (non-hydrogen) atoms. The molecule has 2 nitrogen and oxygen atoms in total. The Morgan fingerprint density at radius 2 is 1.85 bits per heavy atom. The van der Waals surface area contributed by atoms with Crippen molar-refractivity contribution in [1.29, 1.82) is 0 Å². The maximum Gasteiger partial charge on any atom is 0.128 e. The van der Waals surface area contributed by atoms with Gasteiger partial charge in [-0.05, 0) is 37.0 Å². The van der Waals surface area contributed by atoms with Crippen LogP contribution >= 0.6 is 0 Å². The first kappa shape index (κ1) is 17.1. The van der Waals surface area contributed by atoms with E-state index in [4.69, 9.17) is 4.74 Å². The summed E-state index contributed by atoms with van der Waals surface area (Å²) in [6, 6.07) is 5.67. The molecule has 0 radical (unpaired) electrons. The summed E-state index contributed by atoms with van der Waals surface area (Å²) in [7, 11) is 0. The van der Waals surface area contributed by atoms with Crippen LogP contribution in [0.4, 0.5) is 4.39 Å². The quantitative estimate of drug-likeness (QED) is 0.768.